The van der Waals surface area contributed by atoms with Crippen molar-refractivity contribution in [1.82, 2.24) is 4.98 Å². The van der Waals surface area contributed by atoms with Gasteiger partial charge in [0, 0.05) is 40.0 Å². The Labute approximate surface area is 273 Å². The highest BCUT2D eigenvalue weighted by molar-refractivity contribution is 6.16. The van der Waals surface area contributed by atoms with Crippen molar-refractivity contribution in [2.75, 3.05) is 0 Å². The summed E-state index contributed by atoms with van der Waals surface area (Å²) in [6, 6.07) is 42.5. The Bertz CT molecular complexity index is 2340. The van der Waals surface area contributed by atoms with Crippen molar-refractivity contribution in [3.8, 4) is 11.5 Å². The predicted octanol–water partition coefficient (Wildman–Crippen LogP) is 10.5. The molecule has 1 atom stereocenters. The van der Waals surface area contributed by atoms with Crippen LogP contribution in [0.3, 0.4) is 0 Å². The third-order valence-electron chi connectivity index (χ3n) is 8.64. The number of para-hydroxylation sites is 1. The molecule has 2 aromatic heterocycles. The number of fused-ring (bicyclic) bond motifs is 4. The number of hydrogen-bond donors (Lipinski definition) is 0. The SMILES string of the molecule is C=C(N=C(N=C(C)c1cccc2c3c(oc12)CC(c1ccc2nc(-c4ccccc4)oc2c1)C=C3)c1ccccc1)c1ccccc1. The van der Waals surface area contributed by atoms with Gasteiger partial charge in [0.15, 0.2) is 11.4 Å². The molecule has 7 aromatic rings. The highest BCUT2D eigenvalue weighted by Crippen LogP contribution is 2.38. The van der Waals surface area contributed by atoms with Crippen molar-refractivity contribution in [2.24, 2.45) is 9.98 Å². The molecule has 0 amide bonds. The number of oxazole rings is 1. The quantitative estimate of drug-likeness (QED) is 0.139. The predicted molar refractivity (Wildman–Crippen MR) is 192 cm³/mol. The molecule has 0 fully saturated rings. The van der Waals surface area contributed by atoms with Gasteiger partial charge in [0.2, 0.25) is 5.89 Å². The van der Waals surface area contributed by atoms with Gasteiger partial charge in [-0.25, -0.2) is 15.0 Å². The first-order chi connectivity index (χ1) is 23.1. The average Bonchev–Trinajstić information content (AvgIpc) is 3.73. The maximum Gasteiger partial charge on any atom is 0.227 e. The van der Waals surface area contributed by atoms with E-state index in [1.807, 2.05) is 104 Å². The highest BCUT2D eigenvalue weighted by atomic mass is 16.3. The second-order valence-corrected chi connectivity index (χ2v) is 11.7. The van der Waals surface area contributed by atoms with Crippen LogP contribution in [0, 0.1) is 0 Å². The topological polar surface area (TPSA) is 63.9 Å². The molecule has 5 heteroatoms. The molecule has 0 N–H and O–H groups in total. The summed E-state index contributed by atoms with van der Waals surface area (Å²) in [6.07, 6.45) is 5.19. The molecular weight excluding hydrogens is 578 g/mol. The zero-order valence-corrected chi connectivity index (χ0v) is 25.9. The van der Waals surface area contributed by atoms with E-state index in [9.17, 15) is 0 Å². The summed E-state index contributed by atoms with van der Waals surface area (Å²) in [5.74, 6) is 2.34. The highest BCUT2D eigenvalue weighted by Gasteiger charge is 2.24. The van der Waals surface area contributed by atoms with Gasteiger partial charge < -0.3 is 8.83 Å². The van der Waals surface area contributed by atoms with Crippen molar-refractivity contribution in [1.29, 1.82) is 0 Å². The number of aromatic nitrogens is 1. The fraction of sp³-hybridized carbons (Fsp3) is 0.0714. The Hall–Kier alpha value is -6.07. The van der Waals surface area contributed by atoms with E-state index in [1.54, 1.807) is 0 Å². The number of benzene rings is 5. The van der Waals surface area contributed by atoms with Crippen molar-refractivity contribution < 1.29 is 8.83 Å². The number of amidine groups is 1. The number of nitrogens with zero attached hydrogens (tertiary/aromatic N) is 3. The summed E-state index contributed by atoms with van der Waals surface area (Å²) in [5, 5.41) is 1.08. The summed E-state index contributed by atoms with van der Waals surface area (Å²) in [6.45, 7) is 6.24. The Morgan fingerprint density at radius 2 is 1.49 bits per heavy atom. The lowest BCUT2D eigenvalue weighted by atomic mass is 9.88. The van der Waals surface area contributed by atoms with Crippen LogP contribution in [0.2, 0.25) is 0 Å². The van der Waals surface area contributed by atoms with Gasteiger partial charge in [0.1, 0.15) is 16.9 Å². The van der Waals surface area contributed by atoms with Crippen LogP contribution in [-0.4, -0.2) is 16.5 Å². The summed E-state index contributed by atoms with van der Waals surface area (Å²) < 4.78 is 12.8. The van der Waals surface area contributed by atoms with Gasteiger partial charge in [-0.15, -0.1) is 0 Å². The molecule has 8 rings (SSSR count). The van der Waals surface area contributed by atoms with E-state index in [-0.39, 0.29) is 5.92 Å². The van der Waals surface area contributed by atoms with Crippen LogP contribution in [0.5, 0.6) is 0 Å². The Morgan fingerprint density at radius 3 is 2.26 bits per heavy atom. The maximum atomic E-state index is 6.66. The molecule has 1 aliphatic carbocycles. The molecule has 5 nitrogen and oxygen atoms in total. The second-order valence-electron chi connectivity index (χ2n) is 11.7. The first-order valence-electron chi connectivity index (χ1n) is 15.7. The summed E-state index contributed by atoms with van der Waals surface area (Å²) in [4.78, 5) is 14.7. The van der Waals surface area contributed by atoms with Crippen LogP contribution >= 0.6 is 0 Å². The number of rotatable bonds is 6. The summed E-state index contributed by atoms with van der Waals surface area (Å²) >= 11 is 0. The number of furan rings is 1. The molecule has 0 saturated carbocycles. The van der Waals surface area contributed by atoms with Crippen LogP contribution in [0.1, 0.15) is 46.4 Å². The van der Waals surface area contributed by atoms with E-state index in [1.165, 1.54) is 0 Å². The molecule has 0 radical (unpaired) electrons. The first kappa shape index (κ1) is 28.4. The van der Waals surface area contributed by atoms with Gasteiger partial charge in [-0.05, 0) is 48.4 Å². The smallest absolute Gasteiger partial charge is 0.227 e. The summed E-state index contributed by atoms with van der Waals surface area (Å²) in [5.41, 5.74) is 9.99. The largest absolute Gasteiger partial charge is 0.460 e. The van der Waals surface area contributed by atoms with Crippen molar-refractivity contribution in [2.45, 2.75) is 19.3 Å². The monoisotopic (exact) mass is 609 g/mol. The third kappa shape index (κ3) is 5.53. The number of hydrogen-bond acceptors (Lipinski definition) is 4. The molecule has 1 unspecified atom stereocenters. The van der Waals surface area contributed by atoms with Crippen LogP contribution in [0.15, 0.2) is 159 Å². The van der Waals surface area contributed by atoms with Gasteiger partial charge in [-0.2, -0.15) is 0 Å². The molecular formula is C42H31N3O2. The minimum absolute atomic E-state index is 0.150. The van der Waals surface area contributed by atoms with Crippen LogP contribution in [-0.2, 0) is 6.42 Å². The average molecular weight is 610 g/mol. The van der Waals surface area contributed by atoms with E-state index in [4.69, 9.17) is 23.8 Å². The van der Waals surface area contributed by atoms with Crippen LogP contribution in [0.25, 0.3) is 45.3 Å². The Morgan fingerprint density at radius 1 is 0.766 bits per heavy atom. The molecule has 47 heavy (non-hydrogen) atoms. The van der Waals surface area contributed by atoms with Crippen LogP contribution in [0.4, 0.5) is 0 Å². The van der Waals surface area contributed by atoms with Gasteiger partial charge in [-0.1, -0.05) is 116 Å². The number of allylic oxidation sites excluding steroid dienone is 1. The third-order valence-corrected chi connectivity index (χ3v) is 8.64. The standard InChI is InChI=1S/C42H31N3O2/c1-27(29-13-6-3-7-14-29)43-41(30-15-8-4-9-16-30)44-28(2)34-19-12-20-36-35-23-21-32(25-38(35)46-40(34)36)33-22-24-37-39(26-33)47-42(45-37)31-17-10-5-11-18-31/h3-24,26,32H,1,25H2,2H3. The van der Waals surface area contributed by atoms with E-state index in [2.05, 4.69) is 49.1 Å². The summed E-state index contributed by atoms with van der Waals surface area (Å²) in [7, 11) is 0. The fourth-order valence-corrected chi connectivity index (χ4v) is 6.18. The lowest BCUT2D eigenvalue weighted by molar-refractivity contribution is 0.532. The fourth-order valence-electron chi connectivity index (χ4n) is 6.18. The normalized spacial score (nSPS) is 14.9. The van der Waals surface area contributed by atoms with E-state index < -0.39 is 0 Å². The second kappa shape index (κ2) is 12.0. The van der Waals surface area contributed by atoms with Crippen molar-refractivity contribution >= 4 is 45.4 Å². The van der Waals surface area contributed by atoms with Crippen molar-refractivity contribution in [3.63, 3.8) is 0 Å². The van der Waals surface area contributed by atoms with Gasteiger partial charge >= 0.3 is 0 Å². The number of aliphatic imine (C=N–C) groups is 2. The molecule has 226 valence electrons. The molecule has 0 saturated heterocycles. The van der Waals surface area contributed by atoms with Gasteiger partial charge in [-0.3, -0.25) is 0 Å². The molecule has 0 spiro atoms. The molecule has 1 aliphatic rings. The van der Waals surface area contributed by atoms with E-state index >= 15 is 0 Å². The van der Waals surface area contributed by atoms with Crippen molar-refractivity contribution in [3.05, 3.63) is 174 Å². The maximum absolute atomic E-state index is 6.66. The van der Waals surface area contributed by atoms with E-state index in [0.717, 1.165) is 73.3 Å². The molecule has 2 heterocycles. The van der Waals surface area contributed by atoms with E-state index in [0.29, 0.717) is 17.4 Å². The first-order valence-corrected chi connectivity index (χ1v) is 15.7. The van der Waals surface area contributed by atoms with Crippen LogP contribution < -0.4 is 0 Å². The molecule has 0 aliphatic heterocycles. The molecule has 5 aromatic carbocycles. The minimum Gasteiger partial charge on any atom is -0.460 e. The van der Waals surface area contributed by atoms with Gasteiger partial charge in [0.05, 0.1) is 11.4 Å². The zero-order valence-electron chi connectivity index (χ0n) is 25.9. The minimum atomic E-state index is 0.150. The Balaban J connectivity index is 1.12. The van der Waals surface area contributed by atoms with Gasteiger partial charge in [0.25, 0.3) is 0 Å². The lowest BCUT2D eigenvalue weighted by Gasteiger charge is -2.16. The molecule has 0 bridgehead atoms. The lowest BCUT2D eigenvalue weighted by Crippen LogP contribution is -2.04. The zero-order chi connectivity index (χ0) is 31.7. The Kier molecular flexibility index (Phi) is 7.27.